The summed E-state index contributed by atoms with van der Waals surface area (Å²) < 4.78 is 11.0. The second kappa shape index (κ2) is 7.62. The normalized spacial score (nSPS) is 25.2. The van der Waals surface area contributed by atoms with Crippen molar-refractivity contribution < 1.29 is 23.9 Å². The Morgan fingerprint density at radius 2 is 1.78 bits per heavy atom. The molecule has 1 aliphatic heterocycles. The van der Waals surface area contributed by atoms with E-state index in [1.807, 2.05) is 0 Å². The van der Waals surface area contributed by atoms with Gasteiger partial charge in [-0.3, -0.25) is 4.79 Å². The quantitative estimate of drug-likeness (QED) is 0.244. The lowest BCUT2D eigenvalue weighted by molar-refractivity contribution is -0.174. The second-order valence-corrected chi connectivity index (χ2v) is 6.70. The molecule has 0 radical (unpaired) electrons. The average molecular weight is 336 g/mol. The molecule has 0 spiro atoms. The topological polar surface area (TPSA) is 89.0 Å². The molecule has 2 fully saturated rings. The third kappa shape index (κ3) is 3.74. The van der Waals surface area contributed by atoms with Crippen LogP contribution in [0.3, 0.4) is 0 Å². The maximum absolute atomic E-state index is 12.4. The molecule has 7 heteroatoms. The van der Waals surface area contributed by atoms with Gasteiger partial charge in [-0.05, 0) is 25.7 Å². The summed E-state index contributed by atoms with van der Waals surface area (Å²) in [7, 11) is 0. The Balaban J connectivity index is 2.02. The fraction of sp³-hybridized carbons (Fsp3) is 0.562. The van der Waals surface area contributed by atoms with E-state index in [9.17, 15) is 9.59 Å². The minimum Gasteiger partial charge on any atom is -0.458 e. The number of nitrogens with zero attached hydrogens (tertiary/aromatic N) is 2. The molecule has 0 aromatic rings. The lowest BCUT2D eigenvalue weighted by atomic mass is 9.91. The van der Waals surface area contributed by atoms with Gasteiger partial charge in [0.1, 0.15) is 17.6 Å². The number of hydrogen-bond donors (Lipinski definition) is 0. The van der Waals surface area contributed by atoms with Gasteiger partial charge in [0.25, 0.3) is 0 Å². The third-order valence-electron chi connectivity index (χ3n) is 4.19. The Morgan fingerprint density at radius 1 is 1.17 bits per heavy atom. The molecular weight excluding hydrogens is 316 g/mol. The molecule has 0 unspecified atom stereocenters. The first-order valence-corrected chi connectivity index (χ1v) is 8.69. The van der Waals surface area contributed by atoms with Crippen molar-refractivity contribution in [2.24, 2.45) is 5.41 Å². The van der Waals surface area contributed by atoms with Crippen LogP contribution in [0.15, 0.2) is 25.3 Å². The maximum atomic E-state index is 12.4. The predicted molar refractivity (Wildman–Crippen MR) is 87.0 cm³/mol. The Hall–Kier alpha value is -1.85. The van der Waals surface area contributed by atoms with E-state index in [1.165, 1.54) is 0 Å². The molecule has 23 heavy (non-hydrogen) atoms. The van der Waals surface area contributed by atoms with Crippen molar-refractivity contribution in [3.05, 3.63) is 30.8 Å². The highest BCUT2D eigenvalue weighted by Crippen LogP contribution is 2.41. The van der Waals surface area contributed by atoms with Gasteiger partial charge in [-0.1, -0.05) is 12.7 Å². The van der Waals surface area contributed by atoms with Gasteiger partial charge >= 0.3 is 17.7 Å². The molecule has 0 bridgehead atoms. The van der Waals surface area contributed by atoms with Crippen molar-refractivity contribution in [3.8, 4) is 0 Å². The van der Waals surface area contributed by atoms with Crippen molar-refractivity contribution in [2.45, 2.75) is 37.9 Å². The first-order valence-electron chi connectivity index (χ1n) is 7.54. The number of carbonyl (C=O) groups excluding carboxylic acids is 2. The largest absolute Gasteiger partial charge is 0.458 e. The number of esters is 2. The summed E-state index contributed by atoms with van der Waals surface area (Å²) in [6, 6.07) is 0. The van der Waals surface area contributed by atoms with Gasteiger partial charge in [0.15, 0.2) is 0 Å². The first-order chi connectivity index (χ1) is 11.1. The fourth-order valence-corrected chi connectivity index (χ4v) is 3.71. The van der Waals surface area contributed by atoms with Crippen molar-refractivity contribution in [2.75, 3.05) is 11.5 Å². The van der Waals surface area contributed by atoms with Gasteiger partial charge in [0.2, 0.25) is 0 Å². The highest BCUT2D eigenvalue weighted by molar-refractivity contribution is 8.00. The molecule has 2 aliphatic rings. The summed E-state index contributed by atoms with van der Waals surface area (Å²) in [5.41, 5.74) is 7.85. The van der Waals surface area contributed by atoms with E-state index in [-0.39, 0.29) is 11.7 Å². The number of ether oxygens (including phenoxy) is 2. The third-order valence-corrected chi connectivity index (χ3v) is 5.62. The molecule has 0 N–H and O–H groups in total. The Kier molecular flexibility index (Phi) is 5.80. The van der Waals surface area contributed by atoms with E-state index in [2.05, 4.69) is 17.9 Å². The SMILES string of the molecule is C=CC(=[N+]=[N-])C(=O)O[C@H]1CCCC[C@@H]1OC(=O)C1(C=C)CSC1. The van der Waals surface area contributed by atoms with E-state index in [0.717, 1.165) is 18.9 Å². The lowest BCUT2D eigenvalue weighted by Gasteiger charge is -2.38. The van der Waals surface area contributed by atoms with Crippen LogP contribution in [0, 0.1) is 5.41 Å². The van der Waals surface area contributed by atoms with Gasteiger partial charge in [0, 0.05) is 17.6 Å². The van der Waals surface area contributed by atoms with Crippen molar-refractivity contribution in [1.82, 2.24) is 0 Å². The molecule has 124 valence electrons. The van der Waals surface area contributed by atoms with E-state index in [4.69, 9.17) is 15.0 Å². The van der Waals surface area contributed by atoms with E-state index in [0.29, 0.717) is 24.3 Å². The maximum Gasteiger partial charge on any atom is 0.422 e. The van der Waals surface area contributed by atoms with Crippen LogP contribution in [0.2, 0.25) is 0 Å². The molecule has 2 rings (SSSR count). The zero-order chi connectivity index (χ0) is 16.9. The molecule has 0 aromatic heterocycles. The van der Waals surface area contributed by atoms with Gasteiger partial charge in [0.05, 0.1) is 0 Å². The van der Waals surface area contributed by atoms with Gasteiger partial charge < -0.3 is 15.0 Å². The molecular formula is C16H20N2O4S. The Labute approximate surface area is 139 Å². The van der Waals surface area contributed by atoms with Crippen molar-refractivity contribution in [1.29, 1.82) is 0 Å². The van der Waals surface area contributed by atoms with Crippen LogP contribution < -0.4 is 0 Å². The predicted octanol–water partition coefficient (Wildman–Crippen LogP) is 2.16. The van der Waals surface area contributed by atoms with Gasteiger partial charge in [-0.15, -0.1) is 6.58 Å². The summed E-state index contributed by atoms with van der Waals surface area (Å²) in [4.78, 5) is 27.1. The lowest BCUT2D eigenvalue weighted by Crippen LogP contribution is -2.47. The average Bonchev–Trinajstić information content (AvgIpc) is 2.50. The van der Waals surface area contributed by atoms with Crippen molar-refractivity contribution in [3.63, 3.8) is 0 Å². The van der Waals surface area contributed by atoms with Gasteiger partial charge in [-0.25, -0.2) is 4.79 Å². The molecule has 2 atom stereocenters. The van der Waals surface area contributed by atoms with Crippen LogP contribution in [0.25, 0.3) is 5.53 Å². The molecule has 6 nitrogen and oxygen atoms in total. The van der Waals surface area contributed by atoms with Crippen LogP contribution in [0.4, 0.5) is 0 Å². The highest BCUT2D eigenvalue weighted by Gasteiger charge is 2.46. The zero-order valence-electron chi connectivity index (χ0n) is 12.9. The molecule has 1 heterocycles. The number of hydrogen-bond acceptors (Lipinski definition) is 5. The summed E-state index contributed by atoms with van der Waals surface area (Å²) in [6.45, 7) is 7.11. The minimum atomic E-state index is -0.770. The van der Waals surface area contributed by atoms with Crippen LogP contribution in [0.5, 0.6) is 0 Å². The zero-order valence-corrected chi connectivity index (χ0v) is 13.7. The summed E-state index contributed by atoms with van der Waals surface area (Å²) in [5, 5.41) is 0. The number of thioether (sulfide) groups is 1. The molecule has 1 saturated carbocycles. The van der Waals surface area contributed by atoms with Crippen LogP contribution >= 0.6 is 11.8 Å². The fourth-order valence-electron chi connectivity index (χ4n) is 2.59. The molecule has 1 aliphatic carbocycles. The molecule has 0 amide bonds. The van der Waals surface area contributed by atoms with Crippen molar-refractivity contribution >= 4 is 29.4 Å². The Bertz CT molecular complexity index is 564. The van der Waals surface area contributed by atoms with E-state index in [1.54, 1.807) is 17.8 Å². The van der Waals surface area contributed by atoms with E-state index < -0.39 is 23.6 Å². The van der Waals surface area contributed by atoms with Crippen LogP contribution in [-0.2, 0) is 19.1 Å². The van der Waals surface area contributed by atoms with Gasteiger partial charge in [-0.2, -0.15) is 16.6 Å². The summed E-state index contributed by atoms with van der Waals surface area (Å²) >= 11 is 1.67. The Morgan fingerprint density at radius 3 is 2.22 bits per heavy atom. The smallest absolute Gasteiger partial charge is 0.422 e. The number of carbonyl (C=O) groups is 2. The minimum absolute atomic E-state index is 0.265. The standard InChI is InChI=1S/C16H20N2O4S/c1-3-11(18-17)14(19)21-12-7-5-6-8-13(12)22-15(20)16(4-2)9-23-10-16/h3-4,12-13H,1-2,5-10H2/t12-,13-/m0/s1. The van der Waals surface area contributed by atoms with Crippen LogP contribution in [-0.4, -0.2) is 46.2 Å². The second-order valence-electron chi connectivity index (χ2n) is 5.71. The van der Waals surface area contributed by atoms with Crippen LogP contribution in [0.1, 0.15) is 25.7 Å². The molecule has 1 saturated heterocycles. The summed E-state index contributed by atoms with van der Waals surface area (Å²) in [5.74, 6) is 0.265. The summed E-state index contributed by atoms with van der Waals surface area (Å²) in [6.07, 6.45) is 4.78. The molecule has 0 aromatic carbocycles. The first kappa shape index (κ1) is 17.5. The monoisotopic (exact) mass is 336 g/mol. The van der Waals surface area contributed by atoms with E-state index >= 15 is 0 Å². The highest BCUT2D eigenvalue weighted by atomic mass is 32.2. The number of rotatable bonds is 6.